The zero-order chi connectivity index (χ0) is 14.4. The molecule has 0 aliphatic rings. The zero-order valence-corrected chi connectivity index (χ0v) is 12.5. The molecule has 0 aliphatic carbocycles. The molecule has 5 nitrogen and oxygen atoms in total. The van der Waals surface area contributed by atoms with Gasteiger partial charge in [0.25, 0.3) is 0 Å². The van der Waals surface area contributed by atoms with Crippen molar-refractivity contribution in [2.45, 2.75) is 46.2 Å². The Bertz CT molecular complexity index is 517. The first kappa shape index (κ1) is 14.7. The number of rotatable bonds is 7. The van der Waals surface area contributed by atoms with Crippen molar-refractivity contribution in [1.29, 1.82) is 0 Å². The highest BCUT2D eigenvalue weighted by Crippen LogP contribution is 2.18. The van der Waals surface area contributed by atoms with Crippen LogP contribution in [0.2, 0.25) is 0 Å². The number of nitrogens with zero attached hydrogens (tertiary/aromatic N) is 4. The fourth-order valence-electron chi connectivity index (χ4n) is 2.08. The smallest absolute Gasteiger partial charge is 0.149 e. The van der Waals surface area contributed by atoms with Gasteiger partial charge in [0.15, 0.2) is 0 Å². The van der Waals surface area contributed by atoms with Crippen molar-refractivity contribution >= 4 is 0 Å². The second kappa shape index (κ2) is 7.14. The molecule has 0 saturated carbocycles. The minimum atomic E-state index is 0.0150. The van der Waals surface area contributed by atoms with Crippen molar-refractivity contribution in [2.75, 3.05) is 6.54 Å². The number of hydrogen-bond donors (Lipinski definition) is 1. The summed E-state index contributed by atoms with van der Waals surface area (Å²) in [7, 11) is 0. The molecular formula is C15H23N5. The van der Waals surface area contributed by atoms with Crippen molar-refractivity contribution in [3.05, 3.63) is 41.7 Å². The molecule has 5 heteroatoms. The second-order valence-electron chi connectivity index (χ2n) is 5.04. The van der Waals surface area contributed by atoms with Gasteiger partial charge in [-0.2, -0.15) is 5.10 Å². The van der Waals surface area contributed by atoms with E-state index in [-0.39, 0.29) is 6.04 Å². The molecule has 0 bridgehead atoms. The van der Waals surface area contributed by atoms with Crippen LogP contribution in [0.3, 0.4) is 0 Å². The fourth-order valence-corrected chi connectivity index (χ4v) is 2.08. The van der Waals surface area contributed by atoms with Gasteiger partial charge in [-0.05, 0) is 31.9 Å². The van der Waals surface area contributed by atoms with Crippen molar-refractivity contribution in [2.24, 2.45) is 0 Å². The average molecular weight is 273 g/mol. The molecule has 1 N–H and O–H groups in total. The molecule has 108 valence electrons. The third kappa shape index (κ3) is 3.63. The molecule has 0 aliphatic heterocycles. The van der Waals surface area contributed by atoms with E-state index in [9.17, 15) is 0 Å². The van der Waals surface area contributed by atoms with Gasteiger partial charge < -0.3 is 5.32 Å². The lowest BCUT2D eigenvalue weighted by molar-refractivity contribution is 0.567. The van der Waals surface area contributed by atoms with Crippen LogP contribution in [0.25, 0.3) is 0 Å². The molecule has 2 rings (SSSR count). The van der Waals surface area contributed by atoms with Crippen LogP contribution in [0.4, 0.5) is 0 Å². The van der Waals surface area contributed by atoms with E-state index in [0.29, 0.717) is 0 Å². The van der Waals surface area contributed by atoms with Gasteiger partial charge in [-0.1, -0.05) is 13.8 Å². The Morgan fingerprint density at radius 2 is 1.90 bits per heavy atom. The summed E-state index contributed by atoms with van der Waals surface area (Å²) in [5, 5.41) is 7.90. The fraction of sp³-hybridized carbons (Fsp3) is 0.533. The van der Waals surface area contributed by atoms with E-state index in [0.717, 1.165) is 42.9 Å². The molecule has 20 heavy (non-hydrogen) atoms. The third-order valence-electron chi connectivity index (χ3n) is 3.10. The van der Waals surface area contributed by atoms with Gasteiger partial charge in [0, 0.05) is 30.7 Å². The van der Waals surface area contributed by atoms with E-state index in [1.807, 2.05) is 30.2 Å². The zero-order valence-electron chi connectivity index (χ0n) is 12.5. The molecule has 0 spiro atoms. The van der Waals surface area contributed by atoms with E-state index in [1.165, 1.54) is 0 Å². The third-order valence-corrected chi connectivity index (χ3v) is 3.10. The Morgan fingerprint density at radius 3 is 2.55 bits per heavy atom. The number of hydrogen-bond acceptors (Lipinski definition) is 4. The molecule has 1 atom stereocenters. The molecule has 0 fully saturated rings. The highest BCUT2D eigenvalue weighted by Gasteiger charge is 2.17. The highest BCUT2D eigenvalue weighted by atomic mass is 15.3. The van der Waals surface area contributed by atoms with E-state index >= 15 is 0 Å². The first-order chi connectivity index (χ1) is 9.74. The molecular weight excluding hydrogens is 250 g/mol. The van der Waals surface area contributed by atoms with Crippen molar-refractivity contribution in [3.8, 4) is 0 Å². The molecule has 2 aromatic rings. The lowest BCUT2D eigenvalue weighted by atomic mass is 10.1. The Labute approximate surface area is 120 Å². The SMILES string of the molecule is CCCNC(c1cnn(CCC)c1)c1ncc(C)cn1. The van der Waals surface area contributed by atoms with Gasteiger partial charge >= 0.3 is 0 Å². The van der Waals surface area contributed by atoms with Crippen LogP contribution in [-0.2, 0) is 6.54 Å². The van der Waals surface area contributed by atoms with E-state index in [2.05, 4.69) is 40.4 Å². The van der Waals surface area contributed by atoms with Crippen molar-refractivity contribution in [1.82, 2.24) is 25.1 Å². The molecule has 0 saturated heterocycles. The summed E-state index contributed by atoms with van der Waals surface area (Å²) in [5.74, 6) is 0.806. The van der Waals surface area contributed by atoms with Crippen LogP contribution in [0.5, 0.6) is 0 Å². The molecule has 0 aromatic carbocycles. The van der Waals surface area contributed by atoms with E-state index < -0.39 is 0 Å². The van der Waals surface area contributed by atoms with Crippen LogP contribution in [-0.4, -0.2) is 26.3 Å². The number of aromatic nitrogens is 4. The van der Waals surface area contributed by atoms with Gasteiger partial charge in [0.05, 0.1) is 12.2 Å². The van der Waals surface area contributed by atoms with Crippen LogP contribution in [0, 0.1) is 6.92 Å². The summed E-state index contributed by atoms with van der Waals surface area (Å²) >= 11 is 0. The highest BCUT2D eigenvalue weighted by molar-refractivity contribution is 5.20. The maximum atomic E-state index is 4.45. The summed E-state index contributed by atoms with van der Waals surface area (Å²) in [5.41, 5.74) is 2.19. The summed E-state index contributed by atoms with van der Waals surface area (Å²) < 4.78 is 1.98. The van der Waals surface area contributed by atoms with Gasteiger partial charge in [0.1, 0.15) is 5.82 Å². The van der Waals surface area contributed by atoms with E-state index in [4.69, 9.17) is 0 Å². The first-order valence-corrected chi connectivity index (χ1v) is 7.28. The summed E-state index contributed by atoms with van der Waals surface area (Å²) in [6, 6.07) is 0.0150. The van der Waals surface area contributed by atoms with E-state index in [1.54, 1.807) is 0 Å². The van der Waals surface area contributed by atoms with Crippen LogP contribution in [0.15, 0.2) is 24.8 Å². The minimum absolute atomic E-state index is 0.0150. The van der Waals surface area contributed by atoms with Crippen molar-refractivity contribution < 1.29 is 0 Å². The maximum absolute atomic E-state index is 4.45. The molecule has 2 aromatic heterocycles. The Balaban J connectivity index is 2.23. The van der Waals surface area contributed by atoms with Crippen molar-refractivity contribution in [3.63, 3.8) is 0 Å². The Morgan fingerprint density at radius 1 is 1.15 bits per heavy atom. The lowest BCUT2D eigenvalue weighted by Gasteiger charge is -2.15. The Kier molecular flexibility index (Phi) is 5.24. The van der Waals surface area contributed by atoms with Crippen LogP contribution >= 0.6 is 0 Å². The summed E-state index contributed by atoms with van der Waals surface area (Å²) in [4.78, 5) is 8.90. The monoisotopic (exact) mass is 273 g/mol. The summed E-state index contributed by atoms with van der Waals surface area (Å²) in [6.45, 7) is 8.17. The Hall–Kier alpha value is -1.75. The largest absolute Gasteiger partial charge is 0.304 e. The molecule has 0 radical (unpaired) electrons. The number of nitrogens with one attached hydrogen (secondary N) is 1. The van der Waals surface area contributed by atoms with Crippen LogP contribution < -0.4 is 5.32 Å². The molecule has 2 heterocycles. The quantitative estimate of drug-likeness (QED) is 0.842. The van der Waals surface area contributed by atoms with Gasteiger partial charge in [0.2, 0.25) is 0 Å². The minimum Gasteiger partial charge on any atom is -0.304 e. The first-order valence-electron chi connectivity index (χ1n) is 7.28. The molecule has 0 amide bonds. The normalized spacial score (nSPS) is 12.6. The van der Waals surface area contributed by atoms with Crippen LogP contribution in [0.1, 0.15) is 49.7 Å². The lowest BCUT2D eigenvalue weighted by Crippen LogP contribution is -2.24. The average Bonchev–Trinajstić information content (AvgIpc) is 2.90. The number of aryl methyl sites for hydroxylation is 2. The standard InChI is InChI=1S/C15H23N5/c1-4-6-16-14(15-17-8-12(3)9-18-15)13-10-19-20(11-13)7-5-2/h8-11,14,16H,4-7H2,1-3H3. The maximum Gasteiger partial charge on any atom is 0.149 e. The van der Waals surface area contributed by atoms with Gasteiger partial charge in [-0.15, -0.1) is 0 Å². The van der Waals surface area contributed by atoms with Gasteiger partial charge in [-0.3, -0.25) is 4.68 Å². The van der Waals surface area contributed by atoms with Gasteiger partial charge in [-0.25, -0.2) is 9.97 Å². The molecule has 1 unspecified atom stereocenters. The summed E-state index contributed by atoms with van der Waals surface area (Å²) in [6.07, 6.45) is 9.87. The second-order valence-corrected chi connectivity index (χ2v) is 5.04. The predicted octanol–water partition coefficient (Wildman–Crippen LogP) is 2.48. The topological polar surface area (TPSA) is 55.6 Å². The predicted molar refractivity (Wildman–Crippen MR) is 79.4 cm³/mol.